The van der Waals surface area contributed by atoms with E-state index in [1.165, 1.54) is 19.1 Å². The van der Waals surface area contributed by atoms with E-state index in [2.05, 4.69) is 0 Å². The molecule has 1 rings (SSSR count). The zero-order valence-corrected chi connectivity index (χ0v) is 9.38. The van der Waals surface area contributed by atoms with Crippen LogP contribution in [-0.2, 0) is 0 Å². The molecule has 0 fully saturated rings. The van der Waals surface area contributed by atoms with Crippen LogP contribution in [0.2, 0.25) is 0 Å². The molecule has 0 aliphatic rings. The van der Waals surface area contributed by atoms with Crippen LogP contribution in [0.3, 0.4) is 0 Å². The SMILES string of the molecule is CCN(CC)c1cc(C(C)=O)ccc1F. The van der Waals surface area contributed by atoms with Crippen LogP contribution in [0.1, 0.15) is 31.1 Å². The van der Waals surface area contributed by atoms with Crippen LogP contribution in [0, 0.1) is 5.82 Å². The van der Waals surface area contributed by atoms with Gasteiger partial charge in [-0.15, -0.1) is 0 Å². The summed E-state index contributed by atoms with van der Waals surface area (Å²) in [6, 6.07) is 4.49. The number of halogens is 1. The molecule has 3 heteroatoms. The highest BCUT2D eigenvalue weighted by molar-refractivity contribution is 5.95. The van der Waals surface area contributed by atoms with E-state index in [0.717, 1.165) is 13.1 Å². The van der Waals surface area contributed by atoms with Gasteiger partial charge in [0.05, 0.1) is 5.69 Å². The number of carbonyl (C=O) groups is 1. The van der Waals surface area contributed by atoms with Crippen molar-refractivity contribution in [2.24, 2.45) is 0 Å². The molecule has 0 heterocycles. The molecule has 0 saturated heterocycles. The maximum Gasteiger partial charge on any atom is 0.159 e. The third kappa shape index (κ3) is 2.55. The van der Waals surface area contributed by atoms with Gasteiger partial charge in [0.25, 0.3) is 0 Å². The Bertz CT molecular complexity index is 359. The second kappa shape index (κ2) is 4.91. The minimum absolute atomic E-state index is 0.0385. The van der Waals surface area contributed by atoms with Crippen molar-refractivity contribution in [3.63, 3.8) is 0 Å². The molecule has 0 atom stereocenters. The third-order valence-corrected chi connectivity index (χ3v) is 2.46. The quantitative estimate of drug-likeness (QED) is 0.711. The number of ketones is 1. The predicted molar refractivity (Wildman–Crippen MR) is 60.0 cm³/mol. The third-order valence-electron chi connectivity index (χ3n) is 2.46. The zero-order chi connectivity index (χ0) is 11.4. The largest absolute Gasteiger partial charge is 0.370 e. The van der Waals surface area contributed by atoms with E-state index in [4.69, 9.17) is 0 Å². The van der Waals surface area contributed by atoms with Crippen LogP contribution in [0.4, 0.5) is 10.1 Å². The van der Waals surface area contributed by atoms with Crippen molar-refractivity contribution in [1.82, 2.24) is 0 Å². The Kier molecular flexibility index (Phi) is 3.83. The highest BCUT2D eigenvalue weighted by atomic mass is 19.1. The Balaban J connectivity index is 3.15. The van der Waals surface area contributed by atoms with Crippen LogP contribution < -0.4 is 4.90 Å². The van der Waals surface area contributed by atoms with E-state index in [1.807, 2.05) is 18.7 Å². The highest BCUT2D eigenvalue weighted by Crippen LogP contribution is 2.20. The maximum absolute atomic E-state index is 13.5. The molecule has 0 bridgehead atoms. The monoisotopic (exact) mass is 209 g/mol. The average Bonchev–Trinajstić information content (AvgIpc) is 2.22. The van der Waals surface area contributed by atoms with Gasteiger partial charge in [-0.25, -0.2) is 4.39 Å². The second-order valence-corrected chi connectivity index (χ2v) is 3.39. The summed E-state index contributed by atoms with van der Waals surface area (Å²) in [7, 11) is 0. The summed E-state index contributed by atoms with van der Waals surface area (Å²) in [6.45, 7) is 6.87. The Morgan fingerprint density at radius 2 is 1.93 bits per heavy atom. The highest BCUT2D eigenvalue weighted by Gasteiger charge is 2.10. The lowest BCUT2D eigenvalue weighted by Crippen LogP contribution is -2.23. The molecule has 0 spiro atoms. The van der Waals surface area contributed by atoms with Crippen molar-refractivity contribution in [1.29, 1.82) is 0 Å². The summed E-state index contributed by atoms with van der Waals surface area (Å²) >= 11 is 0. The fourth-order valence-corrected chi connectivity index (χ4v) is 1.54. The Morgan fingerprint density at radius 1 is 1.33 bits per heavy atom. The van der Waals surface area contributed by atoms with Crippen molar-refractivity contribution in [2.45, 2.75) is 20.8 Å². The normalized spacial score (nSPS) is 10.1. The van der Waals surface area contributed by atoms with Crippen molar-refractivity contribution in [3.05, 3.63) is 29.6 Å². The van der Waals surface area contributed by atoms with Crippen molar-refractivity contribution < 1.29 is 9.18 Å². The predicted octanol–water partition coefficient (Wildman–Crippen LogP) is 2.87. The number of hydrogen-bond donors (Lipinski definition) is 0. The molecular weight excluding hydrogens is 193 g/mol. The van der Waals surface area contributed by atoms with Crippen LogP contribution in [0.25, 0.3) is 0 Å². The molecule has 1 aromatic rings. The van der Waals surface area contributed by atoms with E-state index in [1.54, 1.807) is 6.07 Å². The second-order valence-electron chi connectivity index (χ2n) is 3.39. The Labute approximate surface area is 89.7 Å². The van der Waals surface area contributed by atoms with Crippen LogP contribution >= 0.6 is 0 Å². The van der Waals surface area contributed by atoms with E-state index >= 15 is 0 Å². The van der Waals surface area contributed by atoms with E-state index in [-0.39, 0.29) is 11.6 Å². The van der Waals surface area contributed by atoms with Gasteiger partial charge in [0.1, 0.15) is 5.82 Å². The van der Waals surface area contributed by atoms with Crippen molar-refractivity contribution >= 4 is 11.5 Å². The lowest BCUT2D eigenvalue weighted by atomic mass is 10.1. The summed E-state index contributed by atoms with van der Waals surface area (Å²) in [6.07, 6.45) is 0. The van der Waals surface area contributed by atoms with Crippen molar-refractivity contribution in [2.75, 3.05) is 18.0 Å². The maximum atomic E-state index is 13.5. The number of anilines is 1. The fourth-order valence-electron chi connectivity index (χ4n) is 1.54. The number of rotatable bonds is 4. The number of Topliss-reactive ketones (excluding diaryl/α,β-unsaturated/α-hetero) is 1. The van der Waals surface area contributed by atoms with Gasteiger partial charge < -0.3 is 4.90 Å². The first-order valence-electron chi connectivity index (χ1n) is 5.15. The molecule has 0 aliphatic carbocycles. The summed E-state index contributed by atoms with van der Waals surface area (Å²) < 4.78 is 13.5. The molecule has 2 nitrogen and oxygen atoms in total. The molecule has 0 unspecified atom stereocenters. The number of nitrogens with zero attached hydrogens (tertiary/aromatic N) is 1. The minimum Gasteiger partial charge on any atom is -0.370 e. The number of benzene rings is 1. The zero-order valence-electron chi connectivity index (χ0n) is 9.38. The van der Waals surface area contributed by atoms with Gasteiger partial charge in [0.15, 0.2) is 5.78 Å². The molecule has 0 saturated carbocycles. The molecular formula is C12H16FNO. The first-order valence-corrected chi connectivity index (χ1v) is 5.15. The average molecular weight is 209 g/mol. The van der Waals surface area contributed by atoms with Gasteiger partial charge in [-0.1, -0.05) is 0 Å². The molecule has 15 heavy (non-hydrogen) atoms. The topological polar surface area (TPSA) is 20.3 Å². The van der Waals surface area contributed by atoms with Crippen LogP contribution in [-0.4, -0.2) is 18.9 Å². The van der Waals surface area contributed by atoms with Crippen molar-refractivity contribution in [3.8, 4) is 0 Å². The van der Waals surface area contributed by atoms with E-state index in [0.29, 0.717) is 11.3 Å². The summed E-state index contributed by atoms with van der Waals surface area (Å²) in [5, 5.41) is 0. The van der Waals surface area contributed by atoms with Gasteiger partial charge in [-0.2, -0.15) is 0 Å². The van der Waals surface area contributed by atoms with E-state index < -0.39 is 0 Å². The van der Waals surface area contributed by atoms with Gasteiger partial charge in [0.2, 0.25) is 0 Å². The first-order chi connectivity index (χ1) is 7.10. The molecule has 0 amide bonds. The summed E-state index contributed by atoms with van der Waals surface area (Å²) in [5.41, 5.74) is 1.06. The van der Waals surface area contributed by atoms with Gasteiger partial charge in [-0.05, 0) is 39.0 Å². The summed E-state index contributed by atoms with van der Waals surface area (Å²) in [4.78, 5) is 13.1. The van der Waals surface area contributed by atoms with Crippen LogP contribution in [0.5, 0.6) is 0 Å². The molecule has 0 aromatic heterocycles. The molecule has 82 valence electrons. The Hall–Kier alpha value is -1.38. The molecule has 0 N–H and O–H groups in total. The number of carbonyl (C=O) groups excluding carboxylic acids is 1. The number of hydrogen-bond acceptors (Lipinski definition) is 2. The molecule has 0 aliphatic heterocycles. The standard InChI is InChI=1S/C12H16FNO/c1-4-14(5-2)12-8-10(9(3)15)6-7-11(12)13/h6-8H,4-5H2,1-3H3. The Morgan fingerprint density at radius 3 is 2.40 bits per heavy atom. The lowest BCUT2D eigenvalue weighted by molar-refractivity contribution is 0.101. The van der Waals surface area contributed by atoms with Gasteiger partial charge in [-0.3, -0.25) is 4.79 Å². The van der Waals surface area contributed by atoms with Crippen LogP contribution in [0.15, 0.2) is 18.2 Å². The van der Waals surface area contributed by atoms with E-state index in [9.17, 15) is 9.18 Å². The minimum atomic E-state index is -0.274. The smallest absolute Gasteiger partial charge is 0.159 e. The summed E-state index contributed by atoms with van der Waals surface area (Å²) in [5.74, 6) is -0.313. The van der Waals surface area contributed by atoms with Gasteiger partial charge >= 0.3 is 0 Å². The van der Waals surface area contributed by atoms with Gasteiger partial charge in [0, 0.05) is 18.7 Å². The molecule has 0 radical (unpaired) electrons. The lowest BCUT2D eigenvalue weighted by Gasteiger charge is -2.21. The first kappa shape index (κ1) is 11.7. The fraction of sp³-hybridized carbons (Fsp3) is 0.417. The molecule has 1 aromatic carbocycles.